The van der Waals surface area contributed by atoms with Crippen LogP contribution in [0.4, 0.5) is 13.2 Å². The Hall–Kier alpha value is -3.47. The number of imidazole rings is 1. The molecular formula is C28H33F3N6O2. The van der Waals surface area contributed by atoms with Crippen molar-refractivity contribution in [3.8, 4) is 0 Å². The van der Waals surface area contributed by atoms with E-state index in [9.17, 15) is 22.8 Å². The Labute approximate surface area is 224 Å². The van der Waals surface area contributed by atoms with Crippen LogP contribution in [0.1, 0.15) is 72.6 Å². The van der Waals surface area contributed by atoms with Crippen molar-refractivity contribution in [3.63, 3.8) is 0 Å². The molecule has 2 amide bonds. The quantitative estimate of drug-likeness (QED) is 0.413. The number of carbonyl (C=O) groups is 2. The normalized spacial score (nSPS) is 21.4. The van der Waals surface area contributed by atoms with E-state index in [0.717, 1.165) is 25.7 Å². The van der Waals surface area contributed by atoms with E-state index in [0.29, 0.717) is 35.4 Å². The lowest BCUT2D eigenvalue weighted by molar-refractivity contribution is -0.190. The average Bonchev–Trinajstić information content (AvgIpc) is 3.38. The van der Waals surface area contributed by atoms with Crippen LogP contribution < -0.4 is 16.0 Å². The van der Waals surface area contributed by atoms with Crippen LogP contribution in [-0.4, -0.2) is 45.2 Å². The molecule has 8 nitrogen and oxygen atoms in total. The number of piperidine rings is 1. The zero-order valence-corrected chi connectivity index (χ0v) is 21.6. The molecule has 1 unspecified atom stereocenters. The van der Waals surface area contributed by atoms with Gasteiger partial charge in [-0.2, -0.15) is 18.3 Å². The largest absolute Gasteiger partial charge is 0.393 e. The molecular weight excluding hydrogens is 509 g/mol. The summed E-state index contributed by atoms with van der Waals surface area (Å²) in [5.74, 6) is -2.29. The van der Waals surface area contributed by atoms with Crippen LogP contribution in [0.5, 0.6) is 0 Å². The number of amides is 2. The van der Waals surface area contributed by atoms with Crippen LogP contribution in [0.2, 0.25) is 0 Å². The number of nitrogens with one attached hydrogen (secondary N) is 3. The van der Waals surface area contributed by atoms with Crippen molar-refractivity contribution >= 4 is 17.5 Å². The molecule has 3 heterocycles. The third-order valence-electron chi connectivity index (χ3n) is 7.79. The number of carbonyl (C=O) groups excluding carboxylic acids is 2. The van der Waals surface area contributed by atoms with Crippen LogP contribution >= 0.6 is 0 Å². The Bertz CT molecular complexity index is 1290. The average molecular weight is 543 g/mol. The zero-order valence-electron chi connectivity index (χ0n) is 21.6. The number of fused-ring (bicyclic) bond motifs is 1. The maximum Gasteiger partial charge on any atom is 0.393 e. The van der Waals surface area contributed by atoms with Crippen molar-refractivity contribution in [2.75, 3.05) is 6.54 Å². The van der Waals surface area contributed by atoms with E-state index in [4.69, 9.17) is 4.98 Å². The van der Waals surface area contributed by atoms with Crippen molar-refractivity contribution in [2.24, 2.45) is 11.8 Å². The molecule has 1 aliphatic carbocycles. The van der Waals surface area contributed by atoms with Gasteiger partial charge in [-0.3, -0.25) is 9.59 Å². The van der Waals surface area contributed by atoms with Gasteiger partial charge in [0.1, 0.15) is 0 Å². The van der Waals surface area contributed by atoms with Crippen LogP contribution in [0.15, 0.2) is 48.8 Å². The van der Waals surface area contributed by atoms with Gasteiger partial charge in [-0.15, -0.1) is 0 Å². The second kappa shape index (κ2) is 11.7. The number of halogens is 3. The topological polar surface area (TPSA) is 100 Å². The number of rotatable bonds is 7. The van der Waals surface area contributed by atoms with Crippen molar-refractivity contribution in [3.05, 3.63) is 65.6 Å². The van der Waals surface area contributed by atoms with Crippen molar-refractivity contribution in [1.82, 2.24) is 30.5 Å². The number of hydrogen-bond donors (Lipinski definition) is 3. The highest BCUT2D eigenvalue weighted by molar-refractivity contribution is 5.94. The fourth-order valence-corrected chi connectivity index (χ4v) is 5.71. The van der Waals surface area contributed by atoms with Gasteiger partial charge < -0.3 is 16.0 Å². The molecule has 0 radical (unpaired) electrons. The standard InChI is InChI=1S/C28H33F3N6O2/c29-28(30,31)21-12-7-13-32-25(21)27(39)33-15-18-14-23-35-22(17-37(23)34-16-18)24(19-8-3-1-4-9-19)36-26(38)20-10-5-2-6-11-20/h2,5-6,10-11,14,16-17,19,21,24-25,32H,1,3-4,7-9,12-13,15H2,(H,33,39)(H,36,38)/t21-,24+,25?/m1/s1. The van der Waals surface area contributed by atoms with Crippen LogP contribution in [0.25, 0.3) is 5.65 Å². The summed E-state index contributed by atoms with van der Waals surface area (Å²) < 4.78 is 41.8. The Morgan fingerprint density at radius 3 is 2.59 bits per heavy atom. The molecule has 1 saturated carbocycles. The molecule has 11 heteroatoms. The minimum absolute atomic E-state index is 0.0318. The minimum atomic E-state index is -4.44. The molecule has 0 bridgehead atoms. The first kappa shape index (κ1) is 27.1. The maximum atomic E-state index is 13.4. The van der Waals surface area contributed by atoms with Crippen molar-refractivity contribution < 1.29 is 22.8 Å². The molecule has 208 valence electrons. The van der Waals surface area contributed by atoms with Crippen molar-refractivity contribution in [1.29, 1.82) is 0 Å². The molecule has 39 heavy (non-hydrogen) atoms. The molecule has 1 aliphatic heterocycles. The van der Waals surface area contributed by atoms with E-state index in [1.54, 1.807) is 28.9 Å². The van der Waals surface area contributed by atoms with Crippen molar-refractivity contribution in [2.45, 2.75) is 69.8 Å². The first-order valence-corrected chi connectivity index (χ1v) is 13.6. The third kappa shape index (κ3) is 6.41. The van der Waals surface area contributed by atoms with Crippen LogP contribution in [0.3, 0.4) is 0 Å². The Balaban J connectivity index is 1.31. The Morgan fingerprint density at radius 1 is 1.08 bits per heavy atom. The first-order valence-electron chi connectivity index (χ1n) is 13.6. The number of alkyl halides is 3. The maximum absolute atomic E-state index is 13.4. The van der Waals surface area contributed by atoms with E-state index >= 15 is 0 Å². The lowest BCUT2D eigenvalue weighted by Gasteiger charge is -2.32. The van der Waals surface area contributed by atoms with Gasteiger partial charge >= 0.3 is 6.18 Å². The highest BCUT2D eigenvalue weighted by atomic mass is 19.4. The van der Waals surface area contributed by atoms with Gasteiger partial charge in [0.15, 0.2) is 5.65 Å². The van der Waals surface area contributed by atoms with E-state index in [1.807, 2.05) is 24.4 Å². The smallest absolute Gasteiger partial charge is 0.351 e. The molecule has 0 spiro atoms. The van der Waals surface area contributed by atoms with E-state index in [2.05, 4.69) is 21.0 Å². The summed E-state index contributed by atoms with van der Waals surface area (Å²) in [4.78, 5) is 30.4. The Morgan fingerprint density at radius 2 is 1.85 bits per heavy atom. The summed E-state index contributed by atoms with van der Waals surface area (Å²) in [6.45, 7) is 0.405. The lowest BCUT2D eigenvalue weighted by Crippen LogP contribution is -2.55. The summed E-state index contributed by atoms with van der Waals surface area (Å²) in [5, 5.41) is 12.9. The highest BCUT2D eigenvalue weighted by Gasteiger charge is 2.48. The van der Waals surface area contributed by atoms with Gasteiger partial charge in [0, 0.05) is 12.1 Å². The highest BCUT2D eigenvalue weighted by Crippen LogP contribution is 2.35. The van der Waals surface area contributed by atoms with Gasteiger partial charge in [0.05, 0.1) is 36.1 Å². The molecule has 1 saturated heterocycles. The first-order chi connectivity index (χ1) is 18.8. The van der Waals surface area contributed by atoms with Crippen LogP contribution in [0, 0.1) is 11.8 Å². The lowest BCUT2D eigenvalue weighted by atomic mass is 9.82. The predicted octanol–water partition coefficient (Wildman–Crippen LogP) is 4.33. The zero-order chi connectivity index (χ0) is 27.4. The van der Waals surface area contributed by atoms with E-state index < -0.39 is 24.0 Å². The molecule has 3 atom stereocenters. The second-order valence-electron chi connectivity index (χ2n) is 10.5. The molecule has 5 rings (SSSR count). The van der Waals surface area contributed by atoms with E-state index in [-0.39, 0.29) is 30.8 Å². The molecule has 2 aromatic heterocycles. The molecule has 3 N–H and O–H groups in total. The molecule has 2 aliphatic rings. The van der Waals surface area contributed by atoms with Crippen LogP contribution in [-0.2, 0) is 11.3 Å². The minimum Gasteiger partial charge on any atom is -0.351 e. The van der Waals surface area contributed by atoms with Gasteiger partial charge in [0.25, 0.3) is 5.91 Å². The number of hydrogen-bond acceptors (Lipinski definition) is 5. The van der Waals surface area contributed by atoms with Gasteiger partial charge in [-0.1, -0.05) is 37.5 Å². The summed E-state index contributed by atoms with van der Waals surface area (Å²) in [7, 11) is 0. The monoisotopic (exact) mass is 542 g/mol. The summed E-state index contributed by atoms with van der Waals surface area (Å²) in [6, 6.07) is 9.24. The third-order valence-corrected chi connectivity index (χ3v) is 7.79. The summed E-state index contributed by atoms with van der Waals surface area (Å²) in [6.07, 6.45) is 4.61. The van der Waals surface area contributed by atoms with Gasteiger partial charge in [-0.05, 0) is 61.9 Å². The molecule has 3 aromatic rings. The Kier molecular flexibility index (Phi) is 8.15. The molecule has 2 fully saturated rings. The SMILES string of the molecule is O=C(N[C@H](c1cn2ncc(CNC(=O)C3NCCC[C@H]3C(F)(F)F)cc2n1)C1CCCCC1)c1ccccc1. The second-order valence-corrected chi connectivity index (χ2v) is 10.5. The fraction of sp³-hybridized carbons (Fsp3) is 0.500. The predicted molar refractivity (Wildman–Crippen MR) is 139 cm³/mol. The summed E-state index contributed by atoms with van der Waals surface area (Å²) in [5.41, 5.74) is 2.45. The van der Waals surface area contributed by atoms with Gasteiger partial charge in [0.2, 0.25) is 5.91 Å². The summed E-state index contributed by atoms with van der Waals surface area (Å²) >= 11 is 0. The van der Waals surface area contributed by atoms with Gasteiger partial charge in [-0.25, -0.2) is 9.50 Å². The van der Waals surface area contributed by atoms with E-state index in [1.165, 1.54) is 6.42 Å². The number of aromatic nitrogens is 3. The molecule has 1 aromatic carbocycles. The number of benzene rings is 1. The number of nitrogens with zero attached hydrogens (tertiary/aromatic N) is 3. The fourth-order valence-electron chi connectivity index (χ4n) is 5.71.